The largest absolute Gasteiger partial charge is 0.352 e. The van der Waals surface area contributed by atoms with E-state index in [0.29, 0.717) is 6.54 Å². The van der Waals surface area contributed by atoms with E-state index in [2.05, 4.69) is 25.3 Å². The third kappa shape index (κ3) is 5.66. The Kier molecular flexibility index (Phi) is 6.52. The standard InChI is InChI=1S/C21H28N4O3S2/c1-15-23-19(14-29-15)13-25-10-8-17(9-11-25)21(26)22-12-16-2-6-20(7-3-16)30(27,28)24-18-4-5-18/h2-3,6-7,14,17-18,24H,4-5,8-13H2,1H3,(H,22,26). The molecule has 30 heavy (non-hydrogen) atoms. The normalized spacial score (nSPS) is 18.4. The molecule has 2 heterocycles. The molecule has 0 spiro atoms. The maximum absolute atomic E-state index is 12.5. The van der Waals surface area contributed by atoms with Crippen LogP contribution in [0.25, 0.3) is 0 Å². The fourth-order valence-corrected chi connectivity index (χ4v) is 5.58. The Morgan fingerprint density at radius 3 is 2.47 bits per heavy atom. The summed E-state index contributed by atoms with van der Waals surface area (Å²) < 4.78 is 27.1. The lowest BCUT2D eigenvalue weighted by Gasteiger charge is -2.30. The van der Waals surface area contributed by atoms with Crippen molar-refractivity contribution in [1.29, 1.82) is 0 Å². The van der Waals surface area contributed by atoms with Gasteiger partial charge < -0.3 is 5.32 Å². The van der Waals surface area contributed by atoms with E-state index in [0.717, 1.165) is 61.6 Å². The second-order valence-corrected chi connectivity index (χ2v) is 10.9. The zero-order valence-electron chi connectivity index (χ0n) is 17.1. The molecule has 1 aliphatic carbocycles. The number of carbonyl (C=O) groups is 1. The molecule has 2 aliphatic rings. The summed E-state index contributed by atoms with van der Waals surface area (Å²) in [5, 5.41) is 6.19. The lowest BCUT2D eigenvalue weighted by molar-refractivity contribution is -0.126. The highest BCUT2D eigenvalue weighted by Crippen LogP contribution is 2.23. The number of nitrogens with one attached hydrogen (secondary N) is 2. The monoisotopic (exact) mass is 448 g/mol. The van der Waals surface area contributed by atoms with E-state index in [1.54, 1.807) is 35.6 Å². The van der Waals surface area contributed by atoms with Crippen molar-refractivity contribution in [3.63, 3.8) is 0 Å². The number of piperidine rings is 1. The zero-order chi connectivity index (χ0) is 21.1. The van der Waals surface area contributed by atoms with Gasteiger partial charge in [-0.15, -0.1) is 11.3 Å². The highest BCUT2D eigenvalue weighted by atomic mass is 32.2. The summed E-state index contributed by atoms with van der Waals surface area (Å²) in [5.41, 5.74) is 2.00. The van der Waals surface area contributed by atoms with Crippen molar-refractivity contribution in [3.05, 3.63) is 45.9 Å². The van der Waals surface area contributed by atoms with E-state index in [1.165, 1.54) is 0 Å². The smallest absolute Gasteiger partial charge is 0.240 e. The molecule has 162 valence electrons. The van der Waals surface area contributed by atoms with E-state index in [9.17, 15) is 13.2 Å². The SMILES string of the molecule is Cc1nc(CN2CCC(C(=O)NCc3ccc(S(=O)(=O)NC4CC4)cc3)CC2)cs1. The topological polar surface area (TPSA) is 91.4 Å². The van der Waals surface area contributed by atoms with Gasteiger partial charge in [-0.2, -0.15) is 0 Å². The number of amides is 1. The molecule has 1 aliphatic heterocycles. The molecule has 2 N–H and O–H groups in total. The van der Waals surface area contributed by atoms with E-state index >= 15 is 0 Å². The van der Waals surface area contributed by atoms with Gasteiger partial charge in [-0.3, -0.25) is 9.69 Å². The molecule has 0 radical (unpaired) electrons. The number of aryl methyl sites for hydroxylation is 1. The third-order valence-electron chi connectivity index (χ3n) is 5.61. The second-order valence-electron chi connectivity index (χ2n) is 8.17. The summed E-state index contributed by atoms with van der Waals surface area (Å²) in [6.07, 6.45) is 3.51. The molecule has 0 bridgehead atoms. The van der Waals surface area contributed by atoms with Gasteiger partial charge in [0.05, 0.1) is 15.6 Å². The number of likely N-dealkylation sites (tertiary alicyclic amines) is 1. The van der Waals surface area contributed by atoms with Crippen molar-refractivity contribution in [2.45, 2.75) is 56.6 Å². The van der Waals surface area contributed by atoms with E-state index in [1.807, 2.05) is 6.92 Å². The van der Waals surface area contributed by atoms with Gasteiger partial charge in [0.25, 0.3) is 0 Å². The van der Waals surface area contributed by atoms with Crippen molar-refractivity contribution < 1.29 is 13.2 Å². The van der Waals surface area contributed by atoms with Crippen LogP contribution in [0, 0.1) is 12.8 Å². The molecule has 1 aromatic carbocycles. The van der Waals surface area contributed by atoms with Gasteiger partial charge in [0.1, 0.15) is 0 Å². The fraction of sp³-hybridized carbons (Fsp3) is 0.524. The summed E-state index contributed by atoms with van der Waals surface area (Å²) >= 11 is 1.67. The first-order valence-corrected chi connectivity index (χ1v) is 12.8. The van der Waals surface area contributed by atoms with Crippen molar-refractivity contribution >= 4 is 27.3 Å². The number of thiazole rings is 1. The summed E-state index contributed by atoms with van der Waals surface area (Å²) in [5.74, 6) is 0.104. The molecule has 1 saturated carbocycles. The Balaban J connectivity index is 1.22. The van der Waals surface area contributed by atoms with Gasteiger partial charge in [-0.05, 0) is 63.4 Å². The van der Waals surface area contributed by atoms with Gasteiger partial charge in [-0.25, -0.2) is 18.1 Å². The molecule has 2 aromatic rings. The Morgan fingerprint density at radius 1 is 1.17 bits per heavy atom. The summed E-state index contributed by atoms with van der Waals surface area (Å²) in [7, 11) is -3.43. The molecular weight excluding hydrogens is 420 g/mol. The maximum Gasteiger partial charge on any atom is 0.240 e. The van der Waals surface area contributed by atoms with Crippen LogP contribution in [0.3, 0.4) is 0 Å². The minimum Gasteiger partial charge on any atom is -0.352 e. The molecular formula is C21H28N4O3S2. The molecule has 4 rings (SSSR count). The van der Waals surface area contributed by atoms with Gasteiger partial charge in [-0.1, -0.05) is 12.1 Å². The van der Waals surface area contributed by atoms with E-state index in [-0.39, 0.29) is 22.8 Å². The van der Waals surface area contributed by atoms with Crippen LogP contribution in [0.2, 0.25) is 0 Å². The first kappa shape index (κ1) is 21.4. The molecule has 9 heteroatoms. The number of aromatic nitrogens is 1. The highest BCUT2D eigenvalue weighted by molar-refractivity contribution is 7.89. The minimum absolute atomic E-state index is 0.0285. The Hall–Kier alpha value is -1.81. The van der Waals surface area contributed by atoms with Crippen LogP contribution in [0.15, 0.2) is 34.5 Å². The van der Waals surface area contributed by atoms with Crippen LogP contribution in [-0.2, 0) is 27.9 Å². The summed E-state index contributed by atoms with van der Waals surface area (Å²) in [6, 6.07) is 6.82. The average Bonchev–Trinajstić information content (AvgIpc) is 3.45. The zero-order valence-corrected chi connectivity index (χ0v) is 18.8. The third-order valence-corrected chi connectivity index (χ3v) is 7.97. The van der Waals surface area contributed by atoms with Crippen molar-refractivity contribution in [3.8, 4) is 0 Å². The first-order chi connectivity index (χ1) is 14.4. The van der Waals surface area contributed by atoms with Crippen LogP contribution in [0.5, 0.6) is 0 Å². The average molecular weight is 449 g/mol. The molecule has 0 atom stereocenters. The summed E-state index contributed by atoms with van der Waals surface area (Å²) in [6.45, 7) is 5.07. The molecule has 2 fully saturated rings. The lowest BCUT2D eigenvalue weighted by atomic mass is 9.95. The number of sulfonamides is 1. The Morgan fingerprint density at radius 2 is 1.87 bits per heavy atom. The molecule has 1 saturated heterocycles. The molecule has 0 unspecified atom stereocenters. The van der Waals surface area contributed by atoms with E-state index in [4.69, 9.17) is 0 Å². The number of hydrogen-bond acceptors (Lipinski definition) is 6. The van der Waals surface area contributed by atoms with Crippen LogP contribution in [0.1, 0.15) is 41.9 Å². The summed E-state index contributed by atoms with van der Waals surface area (Å²) in [4.78, 5) is 19.7. The predicted octanol–water partition coefficient (Wildman–Crippen LogP) is 2.42. The van der Waals surface area contributed by atoms with Crippen molar-refractivity contribution in [2.24, 2.45) is 5.92 Å². The van der Waals surface area contributed by atoms with Crippen LogP contribution in [-0.4, -0.2) is 43.3 Å². The second kappa shape index (κ2) is 9.13. The quantitative estimate of drug-likeness (QED) is 0.647. The fourth-order valence-electron chi connectivity index (χ4n) is 3.67. The Labute approximate surface area is 181 Å². The van der Waals surface area contributed by atoms with Gasteiger partial charge in [0.2, 0.25) is 15.9 Å². The number of hydrogen-bond donors (Lipinski definition) is 2. The predicted molar refractivity (Wildman–Crippen MR) is 116 cm³/mol. The highest BCUT2D eigenvalue weighted by Gasteiger charge is 2.28. The number of benzene rings is 1. The van der Waals surface area contributed by atoms with Crippen LogP contribution < -0.4 is 10.0 Å². The lowest BCUT2D eigenvalue weighted by Crippen LogP contribution is -2.40. The minimum atomic E-state index is -3.43. The van der Waals surface area contributed by atoms with Crippen molar-refractivity contribution in [1.82, 2.24) is 19.9 Å². The maximum atomic E-state index is 12.5. The van der Waals surface area contributed by atoms with Crippen molar-refractivity contribution in [2.75, 3.05) is 13.1 Å². The van der Waals surface area contributed by atoms with Gasteiger partial charge >= 0.3 is 0 Å². The molecule has 1 amide bonds. The first-order valence-electron chi connectivity index (χ1n) is 10.4. The Bertz CT molecular complexity index is 976. The molecule has 1 aromatic heterocycles. The van der Waals surface area contributed by atoms with Gasteiger partial charge in [0.15, 0.2) is 0 Å². The van der Waals surface area contributed by atoms with Crippen LogP contribution in [0.4, 0.5) is 0 Å². The number of nitrogens with zero attached hydrogens (tertiary/aromatic N) is 2. The van der Waals surface area contributed by atoms with Gasteiger partial charge in [0, 0.05) is 30.4 Å². The molecule has 7 nitrogen and oxygen atoms in total. The number of rotatable bonds is 8. The van der Waals surface area contributed by atoms with E-state index < -0.39 is 10.0 Å². The number of carbonyl (C=O) groups excluding carboxylic acids is 1. The van der Waals surface area contributed by atoms with Crippen LogP contribution >= 0.6 is 11.3 Å².